The van der Waals surface area contributed by atoms with Crippen LogP contribution in [0.4, 0.5) is 14.9 Å². The summed E-state index contributed by atoms with van der Waals surface area (Å²) in [7, 11) is -3.61. The Hall–Kier alpha value is -2.45. The van der Waals surface area contributed by atoms with Crippen molar-refractivity contribution in [3.8, 4) is 0 Å². The highest BCUT2D eigenvalue weighted by Gasteiger charge is 2.32. The lowest BCUT2D eigenvalue weighted by Crippen LogP contribution is -2.36. The minimum absolute atomic E-state index is 0.0192. The number of rotatable bonds is 7. The maximum atomic E-state index is 13.6. The third-order valence-corrected chi connectivity index (χ3v) is 5.42. The van der Waals surface area contributed by atoms with Gasteiger partial charge in [-0.15, -0.1) is 0 Å². The number of halogens is 1. The van der Waals surface area contributed by atoms with Crippen molar-refractivity contribution >= 4 is 21.8 Å². The molecule has 1 amide bonds. The smallest absolute Gasteiger partial charge is 0.414 e. The van der Waals surface area contributed by atoms with Crippen LogP contribution in [0.3, 0.4) is 0 Å². The molecule has 0 radical (unpaired) electrons. The standard InChI is InChI=1S/C18H19FN2O4S/c19-17-9-5-4-6-14(17)10-11-26(23,24)20-12-16-13-21(18(22)25-16)15-7-2-1-3-8-15/h1-9,16,20H,10-13H2. The van der Waals surface area contributed by atoms with Gasteiger partial charge in [0.2, 0.25) is 10.0 Å². The van der Waals surface area contributed by atoms with E-state index in [0.717, 1.165) is 0 Å². The van der Waals surface area contributed by atoms with E-state index in [1.807, 2.05) is 6.07 Å². The van der Waals surface area contributed by atoms with Crippen LogP contribution in [0.15, 0.2) is 54.6 Å². The molecule has 0 bridgehead atoms. The van der Waals surface area contributed by atoms with Gasteiger partial charge in [0, 0.05) is 12.2 Å². The maximum absolute atomic E-state index is 13.6. The van der Waals surface area contributed by atoms with Crippen LogP contribution in [0.2, 0.25) is 0 Å². The van der Waals surface area contributed by atoms with Crippen molar-refractivity contribution in [3.05, 3.63) is 66.0 Å². The van der Waals surface area contributed by atoms with Crippen molar-refractivity contribution in [2.45, 2.75) is 12.5 Å². The zero-order chi connectivity index (χ0) is 18.6. The Labute approximate surface area is 151 Å². The summed E-state index contributed by atoms with van der Waals surface area (Å²) in [5.74, 6) is -0.664. The molecule has 1 heterocycles. The Morgan fingerprint density at radius 3 is 2.54 bits per heavy atom. The number of cyclic esters (lactones) is 1. The van der Waals surface area contributed by atoms with Gasteiger partial charge in [0.15, 0.2) is 0 Å². The van der Waals surface area contributed by atoms with Gasteiger partial charge in [0.05, 0.1) is 12.3 Å². The highest BCUT2D eigenvalue weighted by Crippen LogP contribution is 2.20. The van der Waals surface area contributed by atoms with E-state index in [0.29, 0.717) is 11.3 Å². The SMILES string of the molecule is O=C1OC(CNS(=O)(=O)CCc2ccccc2F)CN1c1ccccc1. The number of nitrogens with one attached hydrogen (secondary N) is 1. The lowest BCUT2D eigenvalue weighted by atomic mass is 10.2. The van der Waals surface area contributed by atoms with Crippen LogP contribution in [-0.4, -0.2) is 39.5 Å². The van der Waals surface area contributed by atoms with Gasteiger partial charge in [-0.25, -0.2) is 22.3 Å². The molecular formula is C18H19FN2O4S. The average molecular weight is 378 g/mol. The molecule has 3 rings (SSSR count). The Kier molecular flexibility index (Phi) is 5.53. The van der Waals surface area contributed by atoms with Gasteiger partial charge >= 0.3 is 6.09 Å². The van der Waals surface area contributed by atoms with Crippen LogP contribution >= 0.6 is 0 Å². The molecule has 1 aliphatic heterocycles. The molecule has 1 N–H and O–H groups in total. The lowest BCUT2D eigenvalue weighted by molar-refractivity contribution is 0.143. The molecule has 2 aromatic rings. The maximum Gasteiger partial charge on any atom is 0.414 e. The highest BCUT2D eigenvalue weighted by atomic mass is 32.2. The molecule has 1 unspecified atom stereocenters. The van der Waals surface area contributed by atoms with Crippen molar-refractivity contribution in [1.29, 1.82) is 0 Å². The molecular weight excluding hydrogens is 359 g/mol. The topological polar surface area (TPSA) is 75.7 Å². The summed E-state index contributed by atoms with van der Waals surface area (Å²) in [4.78, 5) is 13.4. The van der Waals surface area contributed by atoms with E-state index < -0.39 is 28.0 Å². The second kappa shape index (κ2) is 7.84. The minimum atomic E-state index is -3.61. The summed E-state index contributed by atoms with van der Waals surface area (Å²) in [5, 5.41) is 0. The van der Waals surface area contributed by atoms with Crippen LogP contribution < -0.4 is 9.62 Å². The van der Waals surface area contributed by atoms with Crippen molar-refractivity contribution < 1.29 is 22.3 Å². The van der Waals surface area contributed by atoms with Gasteiger partial charge < -0.3 is 4.74 Å². The molecule has 1 aliphatic rings. The zero-order valence-electron chi connectivity index (χ0n) is 14.0. The summed E-state index contributed by atoms with van der Waals surface area (Å²) in [5.41, 5.74) is 1.04. The molecule has 0 saturated carbocycles. The highest BCUT2D eigenvalue weighted by molar-refractivity contribution is 7.89. The van der Waals surface area contributed by atoms with E-state index in [2.05, 4.69) is 4.72 Å². The molecule has 0 aromatic heterocycles. The van der Waals surface area contributed by atoms with E-state index in [9.17, 15) is 17.6 Å². The number of para-hydroxylation sites is 1. The Morgan fingerprint density at radius 2 is 1.81 bits per heavy atom. The number of carbonyl (C=O) groups is 1. The molecule has 26 heavy (non-hydrogen) atoms. The van der Waals surface area contributed by atoms with Gasteiger partial charge in [-0.3, -0.25) is 4.90 Å². The van der Waals surface area contributed by atoms with Crippen LogP contribution in [0.25, 0.3) is 0 Å². The normalized spacial score (nSPS) is 17.3. The van der Waals surface area contributed by atoms with Crippen LogP contribution in [0.5, 0.6) is 0 Å². The van der Waals surface area contributed by atoms with Crippen molar-refractivity contribution in [1.82, 2.24) is 4.72 Å². The quantitative estimate of drug-likeness (QED) is 0.802. The number of benzene rings is 2. The molecule has 1 saturated heterocycles. The number of carbonyl (C=O) groups excluding carboxylic acids is 1. The van der Waals surface area contributed by atoms with Gasteiger partial charge in [0.25, 0.3) is 0 Å². The second-order valence-electron chi connectivity index (χ2n) is 5.96. The third kappa shape index (κ3) is 4.59. The van der Waals surface area contributed by atoms with E-state index in [-0.39, 0.29) is 25.3 Å². The van der Waals surface area contributed by atoms with Gasteiger partial charge in [-0.1, -0.05) is 36.4 Å². The summed E-state index contributed by atoms with van der Waals surface area (Å²) >= 11 is 0. The summed E-state index contributed by atoms with van der Waals surface area (Å²) in [6.07, 6.45) is -1.01. The van der Waals surface area contributed by atoms with E-state index in [1.165, 1.54) is 11.0 Å². The number of aryl methyl sites for hydroxylation is 1. The van der Waals surface area contributed by atoms with E-state index in [1.54, 1.807) is 42.5 Å². The fraction of sp³-hybridized carbons (Fsp3) is 0.278. The van der Waals surface area contributed by atoms with E-state index >= 15 is 0 Å². The second-order valence-corrected chi connectivity index (χ2v) is 7.89. The van der Waals surface area contributed by atoms with Crippen molar-refractivity contribution in [3.63, 3.8) is 0 Å². The van der Waals surface area contributed by atoms with Crippen LogP contribution in [0, 0.1) is 5.82 Å². The molecule has 6 nitrogen and oxygen atoms in total. The predicted octanol–water partition coefficient (Wildman–Crippen LogP) is 2.31. The number of anilines is 1. The molecule has 1 fully saturated rings. The number of nitrogens with zero attached hydrogens (tertiary/aromatic N) is 1. The summed E-state index contributed by atoms with van der Waals surface area (Å²) in [6, 6.07) is 15.1. The first-order valence-corrected chi connectivity index (χ1v) is 9.84. The van der Waals surface area contributed by atoms with Crippen LogP contribution in [-0.2, 0) is 21.2 Å². The Balaban J connectivity index is 1.52. The van der Waals surface area contributed by atoms with Crippen molar-refractivity contribution in [2.24, 2.45) is 0 Å². The fourth-order valence-corrected chi connectivity index (χ4v) is 3.76. The molecule has 0 aliphatic carbocycles. The number of hydrogen-bond acceptors (Lipinski definition) is 4. The summed E-state index contributed by atoms with van der Waals surface area (Å²) in [6.45, 7) is 0.243. The van der Waals surface area contributed by atoms with Crippen LogP contribution in [0.1, 0.15) is 5.56 Å². The number of ether oxygens (including phenoxy) is 1. The Morgan fingerprint density at radius 1 is 1.12 bits per heavy atom. The van der Waals surface area contributed by atoms with E-state index in [4.69, 9.17) is 4.74 Å². The molecule has 0 spiro atoms. The molecule has 8 heteroatoms. The first-order valence-electron chi connectivity index (χ1n) is 8.18. The lowest BCUT2D eigenvalue weighted by Gasteiger charge is -2.13. The van der Waals surface area contributed by atoms with Crippen molar-refractivity contribution in [2.75, 3.05) is 23.7 Å². The Bertz CT molecular complexity index is 874. The van der Waals surface area contributed by atoms with Gasteiger partial charge in [0.1, 0.15) is 11.9 Å². The number of amides is 1. The predicted molar refractivity (Wildman–Crippen MR) is 96.0 cm³/mol. The first-order chi connectivity index (χ1) is 12.4. The molecule has 1 atom stereocenters. The van der Waals surface area contributed by atoms with Gasteiger partial charge in [-0.05, 0) is 30.2 Å². The number of sulfonamides is 1. The molecule has 138 valence electrons. The zero-order valence-corrected chi connectivity index (χ0v) is 14.8. The summed E-state index contributed by atoms with van der Waals surface area (Å²) < 4.78 is 45.4. The minimum Gasteiger partial charge on any atom is -0.443 e. The largest absolute Gasteiger partial charge is 0.443 e. The first kappa shape index (κ1) is 18.3. The monoisotopic (exact) mass is 378 g/mol. The molecule has 2 aromatic carbocycles. The third-order valence-electron chi connectivity index (χ3n) is 4.07. The number of hydrogen-bond donors (Lipinski definition) is 1. The van der Waals surface area contributed by atoms with Gasteiger partial charge in [-0.2, -0.15) is 0 Å². The average Bonchev–Trinajstić information content (AvgIpc) is 3.01. The fourth-order valence-electron chi connectivity index (χ4n) is 2.68.